The van der Waals surface area contributed by atoms with Gasteiger partial charge in [0.05, 0.1) is 12.7 Å². The first-order valence-electron chi connectivity index (χ1n) is 8.95. The number of para-hydroxylation sites is 1. The molecule has 0 saturated carbocycles. The second-order valence-electron chi connectivity index (χ2n) is 7.07. The third-order valence-corrected chi connectivity index (χ3v) is 4.09. The minimum absolute atomic E-state index is 0.0344. The lowest BCUT2D eigenvalue weighted by Crippen LogP contribution is -2.49. The van der Waals surface area contributed by atoms with Gasteiger partial charge >= 0.3 is 0 Å². The number of nitrogens with one attached hydrogen (secondary N) is 2. The van der Waals surface area contributed by atoms with Crippen LogP contribution in [0.1, 0.15) is 27.2 Å². The lowest BCUT2D eigenvalue weighted by molar-refractivity contribution is -0.116. The number of benzene rings is 1. The van der Waals surface area contributed by atoms with Crippen molar-refractivity contribution in [3.05, 3.63) is 30.3 Å². The fraction of sp³-hybridized carbons (Fsp3) is 0.632. The van der Waals surface area contributed by atoms with E-state index in [2.05, 4.69) is 29.4 Å². The number of carbonyl (C=O) groups is 1. The molecule has 1 aliphatic rings. The number of hydrogen-bond donors (Lipinski definition) is 2. The Bertz CT molecular complexity index is 493. The summed E-state index contributed by atoms with van der Waals surface area (Å²) in [5.41, 5.74) is 0.842. The first-order valence-corrected chi connectivity index (χ1v) is 8.95. The molecule has 0 bridgehead atoms. The first kappa shape index (κ1) is 18.9. The van der Waals surface area contributed by atoms with Gasteiger partial charge in [0.15, 0.2) is 0 Å². The number of morpholine rings is 1. The van der Waals surface area contributed by atoms with Gasteiger partial charge in [0.2, 0.25) is 5.91 Å². The summed E-state index contributed by atoms with van der Waals surface area (Å²) in [5.74, 6) is 0.713. The summed E-state index contributed by atoms with van der Waals surface area (Å²) in [7, 11) is 0. The highest BCUT2D eigenvalue weighted by atomic mass is 16.5. The fourth-order valence-corrected chi connectivity index (χ4v) is 3.00. The molecule has 0 spiro atoms. The molecular weight excluding hydrogens is 302 g/mol. The predicted octanol–water partition coefficient (Wildman–Crippen LogP) is 2.35. The molecule has 5 heteroatoms. The molecule has 0 unspecified atom stereocenters. The molecule has 0 aliphatic carbocycles. The number of carbonyl (C=O) groups excluding carboxylic acids is 1. The van der Waals surface area contributed by atoms with Gasteiger partial charge in [-0.1, -0.05) is 32.0 Å². The standard InChI is InChI=1S/C19H31N3O2/c1-15(2)13-22-9-10-24-18(14-22)12-20-16(3)11-19(23)21-17-7-5-4-6-8-17/h4-8,15-16,18,20H,9-14H2,1-3H3,(H,21,23)/t16-,18+/m1/s1. The predicted molar refractivity (Wildman–Crippen MR) is 98.2 cm³/mol. The number of ether oxygens (including phenoxy) is 1. The molecule has 1 aromatic rings. The molecule has 134 valence electrons. The van der Waals surface area contributed by atoms with E-state index in [1.54, 1.807) is 0 Å². The average Bonchev–Trinajstić information content (AvgIpc) is 2.53. The highest BCUT2D eigenvalue weighted by molar-refractivity contribution is 5.90. The van der Waals surface area contributed by atoms with Crippen LogP contribution in [0.25, 0.3) is 0 Å². The molecule has 0 aromatic heterocycles. The minimum atomic E-state index is 0.0344. The molecule has 2 rings (SSSR count). The second kappa shape index (κ2) is 9.77. The summed E-state index contributed by atoms with van der Waals surface area (Å²) in [6.45, 7) is 11.2. The Labute approximate surface area is 145 Å². The van der Waals surface area contributed by atoms with E-state index >= 15 is 0 Å². The lowest BCUT2D eigenvalue weighted by Gasteiger charge is -2.34. The van der Waals surface area contributed by atoms with Crippen molar-refractivity contribution in [3.63, 3.8) is 0 Å². The zero-order valence-corrected chi connectivity index (χ0v) is 15.1. The van der Waals surface area contributed by atoms with Crippen molar-refractivity contribution in [2.24, 2.45) is 5.92 Å². The molecule has 1 amide bonds. The van der Waals surface area contributed by atoms with Gasteiger partial charge in [0.25, 0.3) is 0 Å². The van der Waals surface area contributed by atoms with Gasteiger partial charge in [0, 0.05) is 44.3 Å². The molecule has 1 heterocycles. The molecule has 2 atom stereocenters. The number of anilines is 1. The normalized spacial score (nSPS) is 20.1. The van der Waals surface area contributed by atoms with Crippen LogP contribution < -0.4 is 10.6 Å². The van der Waals surface area contributed by atoms with Gasteiger partial charge in [-0.3, -0.25) is 9.69 Å². The summed E-state index contributed by atoms with van der Waals surface area (Å²) in [4.78, 5) is 14.5. The van der Waals surface area contributed by atoms with E-state index in [4.69, 9.17) is 4.74 Å². The van der Waals surface area contributed by atoms with Gasteiger partial charge in [-0.15, -0.1) is 0 Å². The monoisotopic (exact) mass is 333 g/mol. The van der Waals surface area contributed by atoms with Crippen LogP contribution in [0.5, 0.6) is 0 Å². The molecule has 1 fully saturated rings. The van der Waals surface area contributed by atoms with Crippen LogP contribution in [-0.2, 0) is 9.53 Å². The van der Waals surface area contributed by atoms with Crippen LogP contribution >= 0.6 is 0 Å². The van der Waals surface area contributed by atoms with Gasteiger partial charge in [-0.25, -0.2) is 0 Å². The maximum Gasteiger partial charge on any atom is 0.225 e. The molecular formula is C19H31N3O2. The third kappa shape index (κ3) is 6.99. The maximum absolute atomic E-state index is 12.1. The summed E-state index contributed by atoms with van der Waals surface area (Å²) >= 11 is 0. The van der Waals surface area contributed by atoms with Crippen molar-refractivity contribution < 1.29 is 9.53 Å². The van der Waals surface area contributed by atoms with Gasteiger partial charge in [-0.05, 0) is 25.0 Å². The molecule has 0 radical (unpaired) electrons. The smallest absolute Gasteiger partial charge is 0.225 e. The summed E-state index contributed by atoms with van der Waals surface area (Å²) in [6, 6.07) is 9.69. The van der Waals surface area contributed by atoms with Crippen LogP contribution in [-0.4, -0.2) is 55.7 Å². The van der Waals surface area contributed by atoms with Gasteiger partial charge < -0.3 is 15.4 Å². The number of rotatable bonds is 8. The zero-order valence-electron chi connectivity index (χ0n) is 15.1. The van der Waals surface area contributed by atoms with Crippen molar-refractivity contribution >= 4 is 11.6 Å². The largest absolute Gasteiger partial charge is 0.374 e. The van der Waals surface area contributed by atoms with E-state index in [9.17, 15) is 4.79 Å². The molecule has 2 N–H and O–H groups in total. The SMILES string of the molecule is CC(C)CN1CCO[C@@H](CN[C@H](C)CC(=O)Nc2ccccc2)C1. The number of nitrogens with zero attached hydrogens (tertiary/aromatic N) is 1. The molecule has 1 aromatic carbocycles. The number of amides is 1. The Kier molecular flexibility index (Phi) is 7.69. The van der Waals surface area contributed by atoms with E-state index in [1.807, 2.05) is 37.3 Å². The first-order chi connectivity index (χ1) is 11.5. The van der Waals surface area contributed by atoms with Crippen molar-refractivity contribution in [3.8, 4) is 0 Å². The minimum Gasteiger partial charge on any atom is -0.374 e. The van der Waals surface area contributed by atoms with Crippen LogP contribution in [0.3, 0.4) is 0 Å². The van der Waals surface area contributed by atoms with Gasteiger partial charge in [0.1, 0.15) is 0 Å². The van der Waals surface area contributed by atoms with Crippen LogP contribution in [0.15, 0.2) is 30.3 Å². The second-order valence-corrected chi connectivity index (χ2v) is 7.07. The third-order valence-electron chi connectivity index (χ3n) is 4.09. The highest BCUT2D eigenvalue weighted by Crippen LogP contribution is 2.09. The van der Waals surface area contributed by atoms with Crippen molar-refractivity contribution in [2.75, 3.05) is 38.1 Å². The zero-order chi connectivity index (χ0) is 17.4. The van der Waals surface area contributed by atoms with E-state index in [0.717, 1.165) is 38.5 Å². The van der Waals surface area contributed by atoms with Crippen molar-refractivity contribution in [2.45, 2.75) is 39.3 Å². The van der Waals surface area contributed by atoms with E-state index in [-0.39, 0.29) is 18.1 Å². The Balaban J connectivity index is 1.67. The Hall–Kier alpha value is -1.43. The molecule has 1 aliphatic heterocycles. The van der Waals surface area contributed by atoms with E-state index in [1.165, 1.54) is 0 Å². The van der Waals surface area contributed by atoms with Crippen molar-refractivity contribution in [1.82, 2.24) is 10.2 Å². The van der Waals surface area contributed by atoms with E-state index in [0.29, 0.717) is 12.3 Å². The van der Waals surface area contributed by atoms with E-state index < -0.39 is 0 Å². The van der Waals surface area contributed by atoms with Crippen LogP contribution in [0, 0.1) is 5.92 Å². The Morgan fingerprint density at radius 1 is 1.29 bits per heavy atom. The fourth-order valence-electron chi connectivity index (χ4n) is 3.00. The lowest BCUT2D eigenvalue weighted by atomic mass is 10.1. The maximum atomic E-state index is 12.1. The summed E-state index contributed by atoms with van der Waals surface area (Å²) < 4.78 is 5.84. The van der Waals surface area contributed by atoms with Crippen LogP contribution in [0.2, 0.25) is 0 Å². The quantitative estimate of drug-likeness (QED) is 0.767. The molecule has 5 nitrogen and oxygen atoms in total. The Morgan fingerprint density at radius 2 is 2.04 bits per heavy atom. The van der Waals surface area contributed by atoms with Gasteiger partial charge in [-0.2, -0.15) is 0 Å². The van der Waals surface area contributed by atoms with Crippen LogP contribution in [0.4, 0.5) is 5.69 Å². The average molecular weight is 333 g/mol. The van der Waals surface area contributed by atoms with Crippen molar-refractivity contribution in [1.29, 1.82) is 0 Å². The molecule has 24 heavy (non-hydrogen) atoms. The number of hydrogen-bond acceptors (Lipinski definition) is 4. The summed E-state index contributed by atoms with van der Waals surface area (Å²) in [5, 5.41) is 6.35. The molecule has 1 saturated heterocycles. The summed E-state index contributed by atoms with van der Waals surface area (Å²) in [6.07, 6.45) is 0.661. The highest BCUT2D eigenvalue weighted by Gasteiger charge is 2.21. The topological polar surface area (TPSA) is 53.6 Å². The Morgan fingerprint density at radius 3 is 2.75 bits per heavy atom.